The lowest BCUT2D eigenvalue weighted by molar-refractivity contribution is 0.581. The molecule has 1 N–H and O–H groups in total. The van der Waals surface area contributed by atoms with Gasteiger partial charge in [0, 0.05) is 12.4 Å². The van der Waals surface area contributed by atoms with Crippen molar-refractivity contribution in [1.82, 2.24) is 4.72 Å². The molecule has 3 nitrogen and oxygen atoms in total. The largest absolute Gasteiger partial charge is 0.240 e. The summed E-state index contributed by atoms with van der Waals surface area (Å²) in [6.07, 6.45) is 0. The number of nitrogens with one attached hydrogen (secondary N) is 1. The van der Waals surface area contributed by atoms with Gasteiger partial charge in [-0.3, -0.25) is 0 Å². The average Bonchev–Trinajstić information content (AvgIpc) is 2.48. The highest BCUT2D eigenvalue weighted by molar-refractivity contribution is 7.89. The summed E-state index contributed by atoms with van der Waals surface area (Å²) >= 11 is 17.3. The molecule has 112 valence electrons. The third kappa shape index (κ3) is 4.34. The highest BCUT2D eigenvalue weighted by Gasteiger charge is 2.15. The first-order valence-corrected chi connectivity index (χ1v) is 8.78. The second-order valence-electron chi connectivity index (χ2n) is 4.35. The molecule has 2 aromatic rings. The van der Waals surface area contributed by atoms with E-state index in [0.29, 0.717) is 10.9 Å². The Bertz CT molecular complexity index is 730. The van der Waals surface area contributed by atoms with E-state index < -0.39 is 10.0 Å². The summed E-state index contributed by atoms with van der Waals surface area (Å²) in [4.78, 5) is 0.0780. The van der Waals surface area contributed by atoms with Crippen molar-refractivity contribution in [3.63, 3.8) is 0 Å². The summed E-state index contributed by atoms with van der Waals surface area (Å²) in [6, 6.07) is 11.6. The Morgan fingerprint density at radius 2 is 1.52 bits per heavy atom. The minimum atomic E-state index is -3.63. The van der Waals surface area contributed by atoms with Crippen LogP contribution in [-0.4, -0.2) is 8.42 Å². The van der Waals surface area contributed by atoms with Crippen molar-refractivity contribution < 1.29 is 8.42 Å². The third-order valence-electron chi connectivity index (χ3n) is 2.84. The van der Waals surface area contributed by atoms with E-state index in [1.54, 1.807) is 0 Å². The molecule has 0 spiro atoms. The maximum absolute atomic E-state index is 12.2. The summed E-state index contributed by atoms with van der Waals surface area (Å²) in [6.45, 7) is 0.186. The lowest BCUT2D eigenvalue weighted by Gasteiger charge is -2.08. The zero-order valence-corrected chi connectivity index (χ0v) is 13.9. The van der Waals surface area contributed by atoms with Gasteiger partial charge in [0.1, 0.15) is 0 Å². The van der Waals surface area contributed by atoms with Crippen LogP contribution in [0.15, 0.2) is 47.4 Å². The Hall–Kier alpha value is -0.780. The molecule has 0 heterocycles. The zero-order valence-electron chi connectivity index (χ0n) is 10.8. The summed E-state index contributed by atoms with van der Waals surface area (Å²) in [5, 5.41) is 0.512. The molecule has 0 amide bonds. The van der Waals surface area contributed by atoms with Crippen LogP contribution in [0.25, 0.3) is 0 Å². The van der Waals surface area contributed by atoms with Gasteiger partial charge in [0.15, 0.2) is 0 Å². The molecule has 0 aromatic heterocycles. The molecule has 21 heavy (non-hydrogen) atoms. The van der Waals surface area contributed by atoms with Gasteiger partial charge < -0.3 is 0 Å². The van der Waals surface area contributed by atoms with Crippen LogP contribution in [0.1, 0.15) is 11.1 Å². The smallest absolute Gasteiger partial charge is 0.207 e. The number of hydrogen-bond donors (Lipinski definition) is 1. The number of hydrogen-bond acceptors (Lipinski definition) is 2. The molecule has 0 aliphatic carbocycles. The third-order valence-corrected chi connectivity index (χ3v) is 5.29. The topological polar surface area (TPSA) is 46.2 Å². The van der Waals surface area contributed by atoms with Gasteiger partial charge >= 0.3 is 0 Å². The van der Waals surface area contributed by atoms with Gasteiger partial charge in [-0.1, -0.05) is 47.5 Å². The predicted molar refractivity (Wildman–Crippen MR) is 86.5 cm³/mol. The standard InChI is InChI=1S/C14H12Cl3NO2S/c15-8-10-1-3-11(4-2-10)9-18-21(19,20)12-5-6-13(16)14(17)7-12/h1-7,18H,8-9H2. The van der Waals surface area contributed by atoms with E-state index in [0.717, 1.165) is 11.1 Å². The molecule has 0 aliphatic heterocycles. The molecule has 0 bridgehead atoms. The Kier molecular flexibility index (Phi) is 5.52. The Morgan fingerprint density at radius 1 is 0.905 bits per heavy atom. The number of rotatable bonds is 5. The van der Waals surface area contributed by atoms with Crippen LogP contribution in [0, 0.1) is 0 Å². The Balaban J connectivity index is 2.11. The molecule has 2 rings (SSSR count). The monoisotopic (exact) mass is 363 g/mol. The van der Waals surface area contributed by atoms with Crippen LogP contribution in [0.2, 0.25) is 10.0 Å². The van der Waals surface area contributed by atoms with Crippen LogP contribution >= 0.6 is 34.8 Å². The van der Waals surface area contributed by atoms with Crippen LogP contribution in [-0.2, 0) is 22.4 Å². The quantitative estimate of drug-likeness (QED) is 0.808. The molecule has 0 saturated heterocycles. The minimum absolute atomic E-state index is 0.0780. The van der Waals surface area contributed by atoms with E-state index in [4.69, 9.17) is 34.8 Å². The maximum Gasteiger partial charge on any atom is 0.240 e. The first-order chi connectivity index (χ1) is 9.92. The van der Waals surface area contributed by atoms with E-state index in [2.05, 4.69) is 4.72 Å². The molecule has 0 saturated carbocycles. The van der Waals surface area contributed by atoms with E-state index in [9.17, 15) is 8.42 Å². The number of halogens is 3. The Labute approximate surface area is 138 Å². The summed E-state index contributed by atoms with van der Waals surface area (Å²) in [5.74, 6) is 0.426. The van der Waals surface area contributed by atoms with Gasteiger partial charge in [-0.05, 0) is 29.3 Å². The molecule has 0 unspecified atom stereocenters. The molecule has 0 atom stereocenters. The van der Waals surface area contributed by atoms with Gasteiger partial charge in [-0.15, -0.1) is 11.6 Å². The SMILES string of the molecule is O=S(=O)(NCc1ccc(CCl)cc1)c1ccc(Cl)c(Cl)c1. The fourth-order valence-electron chi connectivity index (χ4n) is 1.65. The van der Waals surface area contributed by atoms with E-state index in [-0.39, 0.29) is 16.5 Å². The first-order valence-electron chi connectivity index (χ1n) is 6.01. The summed E-state index contributed by atoms with van der Waals surface area (Å²) in [7, 11) is -3.63. The molecule has 7 heteroatoms. The van der Waals surface area contributed by atoms with Gasteiger partial charge in [-0.25, -0.2) is 13.1 Å². The van der Waals surface area contributed by atoms with Crippen molar-refractivity contribution in [3.05, 3.63) is 63.6 Å². The molecular formula is C14H12Cl3NO2S. The highest BCUT2D eigenvalue weighted by Crippen LogP contribution is 2.24. The molecule has 0 aliphatic rings. The van der Waals surface area contributed by atoms with Gasteiger partial charge in [0.05, 0.1) is 14.9 Å². The molecule has 0 fully saturated rings. The lowest BCUT2D eigenvalue weighted by atomic mass is 10.1. The Morgan fingerprint density at radius 3 is 2.10 bits per heavy atom. The van der Waals surface area contributed by atoms with Crippen molar-refractivity contribution in [2.24, 2.45) is 0 Å². The van der Waals surface area contributed by atoms with Gasteiger partial charge in [-0.2, -0.15) is 0 Å². The van der Waals surface area contributed by atoms with Crippen molar-refractivity contribution in [2.45, 2.75) is 17.3 Å². The molecule has 2 aromatic carbocycles. The normalized spacial score (nSPS) is 11.6. The van der Waals surface area contributed by atoms with Crippen molar-refractivity contribution in [2.75, 3.05) is 0 Å². The van der Waals surface area contributed by atoms with E-state index in [1.807, 2.05) is 24.3 Å². The first kappa shape index (κ1) is 16.6. The number of sulfonamides is 1. The summed E-state index contributed by atoms with van der Waals surface area (Å²) < 4.78 is 26.8. The van der Waals surface area contributed by atoms with Crippen LogP contribution in [0.5, 0.6) is 0 Å². The highest BCUT2D eigenvalue weighted by atomic mass is 35.5. The van der Waals surface area contributed by atoms with Gasteiger partial charge in [0.2, 0.25) is 10.0 Å². The lowest BCUT2D eigenvalue weighted by Crippen LogP contribution is -2.23. The predicted octanol–water partition coefficient (Wildman–Crippen LogP) is 4.21. The molecule has 0 radical (unpaired) electrons. The van der Waals surface area contributed by atoms with Crippen molar-refractivity contribution in [1.29, 1.82) is 0 Å². The molecular weight excluding hydrogens is 353 g/mol. The maximum atomic E-state index is 12.2. The minimum Gasteiger partial charge on any atom is -0.207 e. The second kappa shape index (κ2) is 6.99. The van der Waals surface area contributed by atoms with Crippen LogP contribution in [0.4, 0.5) is 0 Å². The zero-order chi connectivity index (χ0) is 15.5. The van der Waals surface area contributed by atoms with E-state index >= 15 is 0 Å². The van der Waals surface area contributed by atoms with Gasteiger partial charge in [0.25, 0.3) is 0 Å². The fourth-order valence-corrected chi connectivity index (χ4v) is 3.24. The van der Waals surface area contributed by atoms with Crippen LogP contribution < -0.4 is 4.72 Å². The fraction of sp³-hybridized carbons (Fsp3) is 0.143. The van der Waals surface area contributed by atoms with Crippen molar-refractivity contribution >= 4 is 44.8 Å². The second-order valence-corrected chi connectivity index (χ2v) is 7.20. The number of alkyl halides is 1. The van der Waals surface area contributed by atoms with Crippen molar-refractivity contribution in [3.8, 4) is 0 Å². The average molecular weight is 365 g/mol. The number of benzene rings is 2. The van der Waals surface area contributed by atoms with E-state index in [1.165, 1.54) is 18.2 Å². The summed E-state index contributed by atoms with van der Waals surface area (Å²) in [5.41, 5.74) is 1.82. The van der Waals surface area contributed by atoms with Crippen LogP contribution in [0.3, 0.4) is 0 Å².